The standard InChI is InChI=1S/C42H44N2O10/c1-26(2)28(4)53-42(50)34(24-38(45)46)39(47)41(49)44(21-11-14-29-12-7-5-8-13-29)27(3)33(30-17-19-35-37(22-30)52-25-51-35)23-32-18-20-36(54-32)40(48)43-31-15-9-6-10-16-31/h5-20,22,26-28,33,47H,21,23-25H2,1-4H3,(H,43,48)(H,45,46). The molecule has 3 unspecified atom stereocenters. The lowest BCUT2D eigenvalue weighted by Crippen LogP contribution is -2.44. The number of nitrogens with one attached hydrogen (secondary N) is 1. The highest BCUT2D eigenvalue weighted by atomic mass is 16.7. The summed E-state index contributed by atoms with van der Waals surface area (Å²) in [4.78, 5) is 53.9. The van der Waals surface area contributed by atoms with Crippen LogP contribution in [0.1, 0.15) is 67.5 Å². The summed E-state index contributed by atoms with van der Waals surface area (Å²) in [5, 5.41) is 23.9. The summed E-state index contributed by atoms with van der Waals surface area (Å²) in [6, 6.07) is 26.3. The highest BCUT2D eigenvalue weighted by molar-refractivity contribution is 6.04. The molecule has 3 atom stereocenters. The zero-order valence-corrected chi connectivity index (χ0v) is 30.6. The van der Waals surface area contributed by atoms with Crippen molar-refractivity contribution in [1.29, 1.82) is 0 Å². The number of anilines is 1. The quantitative estimate of drug-likeness (QED) is 0.0600. The molecular formula is C42H44N2O10. The molecule has 0 fully saturated rings. The topological polar surface area (TPSA) is 165 Å². The van der Waals surface area contributed by atoms with Crippen molar-refractivity contribution in [2.24, 2.45) is 5.92 Å². The minimum Gasteiger partial charge on any atom is -0.503 e. The van der Waals surface area contributed by atoms with Gasteiger partial charge in [-0.2, -0.15) is 0 Å². The monoisotopic (exact) mass is 736 g/mol. The Morgan fingerprint density at radius 2 is 1.56 bits per heavy atom. The number of para-hydroxylation sites is 1. The van der Waals surface area contributed by atoms with Gasteiger partial charge in [0.1, 0.15) is 11.9 Å². The van der Waals surface area contributed by atoms with Crippen LogP contribution in [-0.2, 0) is 25.5 Å². The Labute approximate surface area is 313 Å². The number of carbonyl (C=O) groups excluding carboxylic acids is 3. The maximum atomic E-state index is 14.4. The van der Waals surface area contributed by atoms with E-state index in [9.17, 15) is 29.4 Å². The molecule has 5 rings (SSSR count). The van der Waals surface area contributed by atoms with Crippen molar-refractivity contribution in [2.45, 2.75) is 58.6 Å². The zero-order valence-electron chi connectivity index (χ0n) is 30.6. The third kappa shape index (κ3) is 9.97. The van der Waals surface area contributed by atoms with Crippen molar-refractivity contribution in [3.8, 4) is 11.5 Å². The largest absolute Gasteiger partial charge is 0.503 e. The Morgan fingerprint density at radius 1 is 0.870 bits per heavy atom. The first-order valence-corrected chi connectivity index (χ1v) is 17.6. The summed E-state index contributed by atoms with van der Waals surface area (Å²) in [7, 11) is 0. The van der Waals surface area contributed by atoms with Gasteiger partial charge in [0.05, 0.1) is 12.0 Å². The predicted molar refractivity (Wildman–Crippen MR) is 201 cm³/mol. The number of amides is 2. The maximum Gasteiger partial charge on any atom is 0.338 e. The van der Waals surface area contributed by atoms with Crippen LogP contribution in [0, 0.1) is 5.92 Å². The van der Waals surface area contributed by atoms with Crippen molar-refractivity contribution in [2.75, 3.05) is 18.7 Å². The lowest BCUT2D eigenvalue weighted by Gasteiger charge is -2.34. The Morgan fingerprint density at radius 3 is 2.24 bits per heavy atom. The van der Waals surface area contributed by atoms with Crippen LogP contribution in [0.15, 0.2) is 113 Å². The molecule has 54 heavy (non-hydrogen) atoms. The number of aliphatic carboxylic acids is 1. The van der Waals surface area contributed by atoms with E-state index in [2.05, 4.69) is 5.32 Å². The molecule has 0 spiro atoms. The van der Waals surface area contributed by atoms with Crippen LogP contribution in [0.3, 0.4) is 0 Å². The van der Waals surface area contributed by atoms with Crippen LogP contribution in [0.4, 0.5) is 5.69 Å². The smallest absolute Gasteiger partial charge is 0.338 e. The number of esters is 1. The summed E-state index contributed by atoms with van der Waals surface area (Å²) in [5.74, 6) is -4.05. The van der Waals surface area contributed by atoms with Crippen molar-refractivity contribution in [3.05, 3.63) is 131 Å². The van der Waals surface area contributed by atoms with Gasteiger partial charge in [0.25, 0.3) is 11.8 Å². The Balaban J connectivity index is 1.53. The van der Waals surface area contributed by atoms with Gasteiger partial charge in [-0.1, -0.05) is 80.6 Å². The first-order chi connectivity index (χ1) is 25.9. The second-order valence-electron chi connectivity index (χ2n) is 13.3. The van der Waals surface area contributed by atoms with Gasteiger partial charge >= 0.3 is 11.9 Å². The molecule has 282 valence electrons. The van der Waals surface area contributed by atoms with E-state index in [1.165, 1.54) is 4.90 Å². The molecule has 0 saturated carbocycles. The fourth-order valence-electron chi connectivity index (χ4n) is 5.81. The van der Waals surface area contributed by atoms with E-state index in [4.69, 9.17) is 18.6 Å². The van der Waals surface area contributed by atoms with Crippen molar-refractivity contribution >= 4 is 35.5 Å². The number of rotatable bonds is 16. The van der Waals surface area contributed by atoms with Gasteiger partial charge in [0.15, 0.2) is 23.0 Å². The number of nitrogens with zero attached hydrogens (tertiary/aromatic N) is 1. The van der Waals surface area contributed by atoms with E-state index in [0.29, 0.717) is 22.9 Å². The third-order valence-corrected chi connectivity index (χ3v) is 9.20. The molecular weight excluding hydrogens is 692 g/mol. The highest BCUT2D eigenvalue weighted by Gasteiger charge is 2.35. The number of carboxylic acid groups (broad SMARTS) is 1. The van der Waals surface area contributed by atoms with Gasteiger partial charge in [0, 0.05) is 30.6 Å². The second-order valence-corrected chi connectivity index (χ2v) is 13.3. The van der Waals surface area contributed by atoms with Crippen LogP contribution in [0.25, 0.3) is 6.08 Å². The van der Waals surface area contributed by atoms with E-state index < -0.39 is 59.6 Å². The molecule has 1 aromatic heterocycles. The van der Waals surface area contributed by atoms with Gasteiger partial charge in [-0.05, 0) is 67.3 Å². The Hall–Kier alpha value is -6.30. The van der Waals surface area contributed by atoms with E-state index >= 15 is 0 Å². The number of aliphatic hydroxyl groups is 1. The van der Waals surface area contributed by atoms with Gasteiger partial charge in [0.2, 0.25) is 6.79 Å². The van der Waals surface area contributed by atoms with E-state index in [-0.39, 0.29) is 31.4 Å². The second kappa shape index (κ2) is 18.0. The number of carboxylic acids is 1. The fourth-order valence-corrected chi connectivity index (χ4v) is 5.81. The number of hydrogen-bond acceptors (Lipinski definition) is 9. The normalized spacial score (nSPS) is 14.2. The van der Waals surface area contributed by atoms with Crippen LogP contribution in [0.2, 0.25) is 0 Å². The zero-order chi connectivity index (χ0) is 38.8. The number of furan rings is 1. The first-order valence-electron chi connectivity index (χ1n) is 17.6. The Bertz CT molecular complexity index is 2000. The average molecular weight is 737 g/mol. The van der Waals surface area contributed by atoms with Gasteiger partial charge in [-0.15, -0.1) is 0 Å². The molecule has 0 radical (unpaired) electrons. The molecule has 1 aliphatic heterocycles. The van der Waals surface area contributed by atoms with Gasteiger partial charge in [-0.25, -0.2) is 4.79 Å². The summed E-state index contributed by atoms with van der Waals surface area (Å²) in [5.41, 5.74) is 1.52. The van der Waals surface area contributed by atoms with Crippen molar-refractivity contribution < 1.29 is 48.0 Å². The molecule has 3 N–H and O–H groups in total. The van der Waals surface area contributed by atoms with Crippen LogP contribution in [0.5, 0.6) is 11.5 Å². The molecule has 4 aromatic rings. The highest BCUT2D eigenvalue weighted by Crippen LogP contribution is 2.38. The molecule has 3 aromatic carbocycles. The number of ether oxygens (including phenoxy) is 3. The SMILES string of the molecule is CC(C)C(C)OC(=O)C(CC(=O)O)=C(O)C(=O)N(CC=Cc1ccccc1)C(C)C(Cc1ccc(C(=O)Nc2ccccc2)o1)c1ccc2c(c1)OCO2. The average Bonchev–Trinajstić information content (AvgIpc) is 3.84. The molecule has 2 heterocycles. The first kappa shape index (κ1) is 38.9. The minimum absolute atomic E-state index is 0.0410. The number of carbonyl (C=O) groups is 4. The molecule has 0 bridgehead atoms. The van der Waals surface area contributed by atoms with Crippen molar-refractivity contribution in [1.82, 2.24) is 4.90 Å². The summed E-state index contributed by atoms with van der Waals surface area (Å²) < 4.78 is 22.7. The summed E-state index contributed by atoms with van der Waals surface area (Å²) >= 11 is 0. The van der Waals surface area contributed by atoms with Crippen LogP contribution >= 0.6 is 0 Å². The number of hydrogen-bond donors (Lipinski definition) is 3. The number of fused-ring (bicyclic) bond motifs is 1. The van der Waals surface area contributed by atoms with E-state index in [0.717, 1.165) is 11.1 Å². The number of benzene rings is 3. The molecule has 1 aliphatic rings. The molecule has 0 saturated heterocycles. The summed E-state index contributed by atoms with van der Waals surface area (Å²) in [6.07, 6.45) is 2.19. The molecule has 12 heteroatoms. The van der Waals surface area contributed by atoms with Crippen LogP contribution < -0.4 is 14.8 Å². The lowest BCUT2D eigenvalue weighted by atomic mass is 9.87. The van der Waals surface area contributed by atoms with E-state index in [1.807, 2.05) is 62.4 Å². The van der Waals surface area contributed by atoms with E-state index in [1.54, 1.807) is 68.5 Å². The maximum absolute atomic E-state index is 14.4. The lowest BCUT2D eigenvalue weighted by molar-refractivity contribution is -0.148. The minimum atomic E-state index is -1.43. The van der Waals surface area contributed by atoms with Crippen molar-refractivity contribution in [3.63, 3.8) is 0 Å². The fraction of sp³-hybridized carbons (Fsp3) is 0.286. The third-order valence-electron chi connectivity index (χ3n) is 9.20. The molecule has 12 nitrogen and oxygen atoms in total. The summed E-state index contributed by atoms with van der Waals surface area (Å²) in [6.45, 7) is 7.06. The molecule has 0 aliphatic carbocycles. The predicted octanol–water partition coefficient (Wildman–Crippen LogP) is 7.39. The van der Waals surface area contributed by atoms with Crippen LogP contribution in [-0.4, -0.2) is 64.3 Å². The molecule has 2 amide bonds. The van der Waals surface area contributed by atoms with Gasteiger partial charge in [-0.3, -0.25) is 14.4 Å². The number of aliphatic hydroxyl groups excluding tert-OH is 1. The Kier molecular flexibility index (Phi) is 12.9. The van der Waals surface area contributed by atoms with Gasteiger partial charge < -0.3 is 39.1 Å².